The molecule has 1 amide bonds. The molecule has 1 aromatic rings. The van der Waals surface area contributed by atoms with Crippen molar-refractivity contribution < 1.29 is 18.7 Å². The summed E-state index contributed by atoms with van der Waals surface area (Å²) in [6.07, 6.45) is 0.485. The van der Waals surface area contributed by atoms with E-state index in [2.05, 4.69) is 15.3 Å². The number of carbonyl (C=O) groups is 1. The van der Waals surface area contributed by atoms with Crippen molar-refractivity contribution >= 4 is 17.9 Å². The van der Waals surface area contributed by atoms with Crippen LogP contribution >= 0.6 is 0 Å². The van der Waals surface area contributed by atoms with Gasteiger partial charge >= 0.3 is 6.09 Å². The van der Waals surface area contributed by atoms with Gasteiger partial charge in [-0.25, -0.2) is 18.6 Å². The highest BCUT2D eigenvalue weighted by Gasteiger charge is 2.47. The van der Waals surface area contributed by atoms with Crippen molar-refractivity contribution in [3.8, 4) is 0 Å². The second-order valence-corrected chi connectivity index (χ2v) is 6.47. The van der Waals surface area contributed by atoms with Gasteiger partial charge in [0, 0.05) is 24.2 Å². The molecule has 9 heteroatoms. The van der Waals surface area contributed by atoms with Crippen LogP contribution in [0.25, 0.3) is 0 Å². The number of hydrogen-bond acceptors (Lipinski definition) is 5. The highest BCUT2D eigenvalue weighted by Crippen LogP contribution is 2.38. The van der Waals surface area contributed by atoms with Crippen LogP contribution in [0.1, 0.15) is 26.7 Å². The highest BCUT2D eigenvalue weighted by atomic mass is 19.3. The molecule has 1 saturated heterocycles. The molecule has 128 valence electrons. The molecular formula is C14H21F2N5O2. The van der Waals surface area contributed by atoms with Crippen LogP contribution < -0.4 is 16.0 Å². The van der Waals surface area contributed by atoms with Gasteiger partial charge in [0.15, 0.2) is 0 Å². The largest absolute Gasteiger partial charge is 0.465 e. The van der Waals surface area contributed by atoms with Gasteiger partial charge in [0.1, 0.15) is 5.82 Å². The number of alkyl halides is 2. The van der Waals surface area contributed by atoms with Gasteiger partial charge in [0.2, 0.25) is 5.95 Å². The Morgan fingerprint density at radius 3 is 2.87 bits per heavy atom. The van der Waals surface area contributed by atoms with E-state index in [1.54, 1.807) is 13.8 Å². The van der Waals surface area contributed by atoms with Crippen molar-refractivity contribution in [2.24, 2.45) is 5.92 Å². The first-order valence-corrected chi connectivity index (χ1v) is 7.31. The molecule has 1 unspecified atom stereocenters. The minimum atomic E-state index is -2.97. The lowest BCUT2D eigenvalue weighted by molar-refractivity contribution is -0.0747. The summed E-state index contributed by atoms with van der Waals surface area (Å²) in [5.74, 6) is -3.47. The Kier molecular flexibility index (Phi) is 4.58. The molecule has 1 aromatic heterocycles. The number of rotatable bonds is 4. The number of amides is 1. The van der Waals surface area contributed by atoms with Crippen LogP contribution in [0.3, 0.4) is 0 Å². The maximum absolute atomic E-state index is 14.5. The summed E-state index contributed by atoms with van der Waals surface area (Å²) in [5.41, 5.74) is 4.64. The van der Waals surface area contributed by atoms with Crippen molar-refractivity contribution in [2.75, 3.05) is 23.7 Å². The highest BCUT2D eigenvalue weighted by molar-refractivity contribution is 5.65. The van der Waals surface area contributed by atoms with Gasteiger partial charge in [0.05, 0.1) is 6.54 Å². The van der Waals surface area contributed by atoms with Gasteiger partial charge in [-0.2, -0.15) is 4.98 Å². The maximum atomic E-state index is 14.5. The van der Waals surface area contributed by atoms with Gasteiger partial charge in [-0.15, -0.1) is 0 Å². The van der Waals surface area contributed by atoms with E-state index in [1.807, 2.05) is 0 Å². The van der Waals surface area contributed by atoms with E-state index in [4.69, 9.17) is 10.8 Å². The van der Waals surface area contributed by atoms with Crippen LogP contribution in [-0.4, -0.2) is 45.7 Å². The van der Waals surface area contributed by atoms with Crippen molar-refractivity contribution in [1.82, 2.24) is 15.3 Å². The topological polar surface area (TPSA) is 104 Å². The van der Waals surface area contributed by atoms with Crippen LogP contribution in [0.2, 0.25) is 0 Å². The number of carboxylic acid groups (broad SMARTS) is 1. The lowest BCUT2D eigenvalue weighted by Crippen LogP contribution is -2.53. The fourth-order valence-corrected chi connectivity index (χ4v) is 2.88. The summed E-state index contributed by atoms with van der Waals surface area (Å²) in [6.45, 7) is 3.06. The smallest absolute Gasteiger partial charge is 0.405 e. The van der Waals surface area contributed by atoms with Crippen molar-refractivity contribution in [2.45, 2.75) is 38.2 Å². The first-order chi connectivity index (χ1) is 10.6. The zero-order chi connectivity index (χ0) is 17.3. The van der Waals surface area contributed by atoms with E-state index >= 15 is 0 Å². The number of anilines is 2. The average Bonchev–Trinajstić information content (AvgIpc) is 2.39. The standard InChI is InChI=1S/C14H21F2N5O2/c1-13(2,20-12(22)23)7-9-4-6-21(8-14(9,15)16)11-18-5-3-10(17)19-11/h3,5,9,20H,4,6-8H2,1-2H3,(H,22,23)(H2,17,18,19). The van der Waals surface area contributed by atoms with E-state index in [0.29, 0.717) is 6.54 Å². The minimum Gasteiger partial charge on any atom is -0.465 e. The monoisotopic (exact) mass is 329 g/mol. The Bertz CT molecular complexity index is 582. The SMILES string of the molecule is CC(C)(CC1CCN(c2nccc(N)n2)CC1(F)F)NC(=O)O. The van der Waals surface area contributed by atoms with E-state index in [0.717, 1.165) is 0 Å². The molecule has 2 rings (SSSR count). The van der Waals surface area contributed by atoms with Crippen molar-refractivity contribution in [1.29, 1.82) is 0 Å². The van der Waals surface area contributed by atoms with Gasteiger partial charge in [-0.3, -0.25) is 0 Å². The number of halogens is 2. The van der Waals surface area contributed by atoms with Crippen molar-refractivity contribution in [3.05, 3.63) is 12.3 Å². The Morgan fingerprint density at radius 1 is 1.61 bits per heavy atom. The quantitative estimate of drug-likeness (QED) is 0.780. The minimum absolute atomic E-state index is 0.0535. The molecule has 0 aliphatic carbocycles. The lowest BCUT2D eigenvalue weighted by Gasteiger charge is -2.41. The fourth-order valence-electron chi connectivity index (χ4n) is 2.88. The third kappa shape index (κ3) is 4.40. The summed E-state index contributed by atoms with van der Waals surface area (Å²) in [6, 6.07) is 1.49. The number of nitrogen functional groups attached to an aromatic ring is 1. The fraction of sp³-hybridized carbons (Fsp3) is 0.643. The maximum Gasteiger partial charge on any atom is 0.405 e. The van der Waals surface area contributed by atoms with Crippen molar-refractivity contribution in [3.63, 3.8) is 0 Å². The predicted molar refractivity (Wildman–Crippen MR) is 81.6 cm³/mol. The van der Waals surface area contributed by atoms with Crippen LogP contribution in [-0.2, 0) is 0 Å². The number of aromatic nitrogens is 2. The Labute approximate surface area is 132 Å². The predicted octanol–water partition coefficient (Wildman–Crippen LogP) is 1.96. The molecule has 2 heterocycles. The lowest BCUT2D eigenvalue weighted by atomic mass is 9.82. The normalized spacial score (nSPS) is 21.0. The zero-order valence-corrected chi connectivity index (χ0v) is 13.1. The molecule has 0 bridgehead atoms. The van der Waals surface area contributed by atoms with E-state index < -0.39 is 30.0 Å². The third-order valence-corrected chi connectivity index (χ3v) is 3.90. The molecule has 0 radical (unpaired) electrons. The molecule has 1 atom stereocenters. The number of nitrogens with two attached hydrogens (primary N) is 1. The van der Waals surface area contributed by atoms with Gasteiger partial charge in [0.25, 0.3) is 5.92 Å². The summed E-state index contributed by atoms with van der Waals surface area (Å²) in [4.78, 5) is 20.1. The van der Waals surface area contributed by atoms with Crippen LogP contribution in [0.5, 0.6) is 0 Å². The molecule has 0 aromatic carbocycles. The summed E-state index contributed by atoms with van der Waals surface area (Å²) in [5, 5.41) is 11.1. The Hall–Kier alpha value is -2.19. The average molecular weight is 329 g/mol. The summed E-state index contributed by atoms with van der Waals surface area (Å²) >= 11 is 0. The number of piperidine rings is 1. The summed E-state index contributed by atoms with van der Waals surface area (Å²) < 4.78 is 28.9. The molecule has 23 heavy (non-hydrogen) atoms. The molecule has 4 N–H and O–H groups in total. The number of nitrogens with one attached hydrogen (secondary N) is 1. The summed E-state index contributed by atoms with van der Waals surface area (Å²) in [7, 11) is 0. The molecular weight excluding hydrogens is 308 g/mol. The van der Waals surface area contributed by atoms with E-state index in [1.165, 1.54) is 17.2 Å². The van der Waals surface area contributed by atoms with Gasteiger partial charge in [-0.1, -0.05) is 0 Å². The molecule has 0 spiro atoms. The third-order valence-electron chi connectivity index (χ3n) is 3.90. The Morgan fingerprint density at radius 2 is 2.30 bits per heavy atom. The van der Waals surface area contributed by atoms with Crippen LogP contribution in [0.4, 0.5) is 25.3 Å². The molecule has 1 fully saturated rings. The second kappa shape index (κ2) is 6.13. The van der Waals surface area contributed by atoms with E-state index in [9.17, 15) is 13.6 Å². The molecule has 1 aliphatic heterocycles. The number of hydrogen-bond donors (Lipinski definition) is 3. The van der Waals surface area contributed by atoms with Gasteiger partial charge in [-0.05, 0) is 32.8 Å². The Balaban J connectivity index is 2.07. The molecule has 0 saturated carbocycles. The van der Waals surface area contributed by atoms with Crippen LogP contribution in [0.15, 0.2) is 12.3 Å². The second-order valence-electron chi connectivity index (χ2n) is 6.47. The van der Waals surface area contributed by atoms with Gasteiger partial charge < -0.3 is 21.1 Å². The number of nitrogens with zero attached hydrogens (tertiary/aromatic N) is 3. The zero-order valence-electron chi connectivity index (χ0n) is 13.1. The van der Waals surface area contributed by atoms with Crippen LogP contribution in [0, 0.1) is 5.92 Å². The molecule has 7 nitrogen and oxygen atoms in total. The first-order valence-electron chi connectivity index (χ1n) is 7.31. The molecule has 1 aliphatic rings. The van der Waals surface area contributed by atoms with E-state index in [-0.39, 0.29) is 24.6 Å². The first kappa shape index (κ1) is 17.2.